The maximum Gasteiger partial charge on any atom is 0.303 e. The van der Waals surface area contributed by atoms with Crippen LogP contribution >= 0.6 is 0 Å². The van der Waals surface area contributed by atoms with E-state index in [1.165, 1.54) is 296 Å². The first-order chi connectivity index (χ1) is 28.1. The lowest BCUT2D eigenvalue weighted by atomic mass is 10.0. The highest BCUT2D eigenvalue weighted by atomic mass is 16.4. The number of carboxylic acid groups (broad SMARTS) is 1. The summed E-state index contributed by atoms with van der Waals surface area (Å²) in [4.78, 5) is 12.9. The van der Waals surface area contributed by atoms with Crippen molar-refractivity contribution in [1.82, 2.24) is 4.90 Å². The predicted molar refractivity (Wildman–Crippen MR) is 259 cm³/mol. The van der Waals surface area contributed by atoms with Crippen molar-refractivity contribution < 1.29 is 9.90 Å². The van der Waals surface area contributed by atoms with E-state index in [4.69, 9.17) is 5.11 Å². The molecule has 3 heteroatoms. The zero-order valence-corrected chi connectivity index (χ0v) is 40.5. The van der Waals surface area contributed by atoms with E-state index >= 15 is 0 Å². The zero-order chi connectivity index (χ0) is 41.8. The summed E-state index contributed by atoms with van der Waals surface area (Å²) >= 11 is 0. The Bertz CT molecular complexity index is 695. The van der Waals surface area contributed by atoms with Gasteiger partial charge in [0.25, 0.3) is 0 Å². The van der Waals surface area contributed by atoms with Crippen molar-refractivity contribution in [3.63, 3.8) is 0 Å². The van der Waals surface area contributed by atoms with Gasteiger partial charge in [0.15, 0.2) is 0 Å². The van der Waals surface area contributed by atoms with E-state index in [1.54, 1.807) is 0 Å². The largest absolute Gasteiger partial charge is 0.481 e. The van der Waals surface area contributed by atoms with Crippen molar-refractivity contribution in [2.24, 2.45) is 0 Å². The molecule has 0 saturated carbocycles. The van der Waals surface area contributed by atoms with Gasteiger partial charge in [0.2, 0.25) is 0 Å². The molecule has 3 nitrogen and oxygen atoms in total. The molecule has 0 aliphatic heterocycles. The molecule has 57 heavy (non-hydrogen) atoms. The fourth-order valence-electron chi connectivity index (χ4n) is 8.44. The minimum atomic E-state index is -0.655. The first kappa shape index (κ1) is 58.5. The van der Waals surface area contributed by atoms with Gasteiger partial charge in [0, 0.05) is 6.42 Å². The molecule has 0 unspecified atom stereocenters. The van der Waals surface area contributed by atoms with Crippen LogP contribution in [0.5, 0.6) is 0 Å². The second-order valence-corrected chi connectivity index (χ2v) is 18.6. The van der Waals surface area contributed by atoms with Gasteiger partial charge in [-0.1, -0.05) is 297 Å². The van der Waals surface area contributed by atoms with Crippen molar-refractivity contribution in [1.29, 1.82) is 0 Å². The summed E-state index contributed by atoms with van der Waals surface area (Å²) in [5.41, 5.74) is 0. The Morgan fingerprint density at radius 1 is 0.281 bits per heavy atom. The molecule has 0 aromatic carbocycles. The van der Waals surface area contributed by atoms with Crippen LogP contribution in [0.4, 0.5) is 0 Å². The third-order valence-corrected chi connectivity index (χ3v) is 12.5. The van der Waals surface area contributed by atoms with E-state index in [2.05, 4.69) is 32.7 Å². The van der Waals surface area contributed by atoms with Crippen molar-refractivity contribution in [3.05, 3.63) is 0 Å². The van der Waals surface area contributed by atoms with Gasteiger partial charge in [-0.3, -0.25) is 4.79 Å². The van der Waals surface area contributed by atoms with E-state index in [-0.39, 0.29) is 0 Å². The lowest BCUT2D eigenvalue weighted by Crippen LogP contribution is -2.20. The minimum absolute atomic E-state index is 0.345. The molecule has 0 aliphatic rings. The molecule has 0 heterocycles. The summed E-state index contributed by atoms with van der Waals surface area (Å²) in [5, 5.41) is 8.49. The third kappa shape index (κ3) is 59.8. The molecule has 0 bridgehead atoms. The molecule has 0 rings (SSSR count). The molecular formula is C54H111NO2. The molecule has 0 fully saturated rings. The van der Waals surface area contributed by atoms with Crippen molar-refractivity contribution in [3.8, 4) is 0 Å². The van der Waals surface area contributed by atoms with Gasteiger partial charge in [-0.15, -0.1) is 0 Å². The Kier molecular flexibility index (Phi) is 56.9. The fraction of sp³-hybridized carbons (Fsp3) is 0.981. The first-order valence-corrected chi connectivity index (χ1v) is 27.0. The van der Waals surface area contributed by atoms with Crippen LogP contribution in [0.2, 0.25) is 0 Å². The van der Waals surface area contributed by atoms with Crippen LogP contribution in [0.25, 0.3) is 0 Å². The number of hydrogen-bond acceptors (Lipinski definition) is 2. The van der Waals surface area contributed by atoms with Gasteiger partial charge in [-0.25, -0.2) is 0 Å². The van der Waals surface area contributed by atoms with E-state index in [0.29, 0.717) is 6.42 Å². The molecule has 0 atom stereocenters. The summed E-state index contributed by atoms with van der Waals surface area (Å²) in [7, 11) is 2.34. The van der Waals surface area contributed by atoms with Gasteiger partial charge in [0.1, 0.15) is 0 Å². The number of unbranched alkanes of at least 4 members (excludes halogenated alkanes) is 43. The average Bonchev–Trinajstić information content (AvgIpc) is 3.20. The molecule has 0 amide bonds. The molecule has 0 saturated heterocycles. The second-order valence-electron chi connectivity index (χ2n) is 18.6. The molecular weight excluding hydrogens is 695 g/mol. The van der Waals surface area contributed by atoms with Gasteiger partial charge >= 0.3 is 5.97 Å². The summed E-state index contributed by atoms with van der Waals surface area (Å²) < 4.78 is 0. The predicted octanol–water partition coefficient (Wildman–Crippen LogP) is 19.4. The van der Waals surface area contributed by atoms with E-state index in [0.717, 1.165) is 12.8 Å². The Morgan fingerprint density at radius 3 is 0.614 bits per heavy atom. The van der Waals surface area contributed by atoms with Crippen LogP contribution in [0.1, 0.15) is 323 Å². The van der Waals surface area contributed by atoms with Crippen LogP contribution < -0.4 is 0 Å². The lowest BCUT2D eigenvalue weighted by molar-refractivity contribution is -0.137. The molecule has 0 aliphatic carbocycles. The summed E-state index contributed by atoms with van der Waals surface area (Å²) in [6.07, 6.45) is 65.6. The quantitative estimate of drug-likeness (QED) is 0.0623. The average molecular weight is 806 g/mol. The minimum Gasteiger partial charge on any atom is -0.481 e. The van der Waals surface area contributed by atoms with Crippen molar-refractivity contribution in [2.45, 2.75) is 323 Å². The summed E-state index contributed by atoms with van der Waals surface area (Å²) in [6.45, 7) is 9.51. The highest BCUT2D eigenvalue weighted by Crippen LogP contribution is 2.17. The Morgan fingerprint density at radius 2 is 0.439 bits per heavy atom. The maximum atomic E-state index is 10.3. The van der Waals surface area contributed by atoms with Crippen LogP contribution in [-0.2, 0) is 4.79 Å². The van der Waals surface area contributed by atoms with Gasteiger partial charge in [0.05, 0.1) is 0 Å². The van der Waals surface area contributed by atoms with Crippen LogP contribution in [0.15, 0.2) is 0 Å². The molecule has 0 aromatic rings. The molecule has 0 spiro atoms. The third-order valence-electron chi connectivity index (χ3n) is 12.5. The Hall–Kier alpha value is -0.570. The van der Waals surface area contributed by atoms with E-state index < -0.39 is 5.97 Å². The number of carboxylic acids is 1. The van der Waals surface area contributed by atoms with E-state index in [1.807, 2.05) is 0 Å². The Labute approximate surface area is 362 Å². The zero-order valence-electron chi connectivity index (χ0n) is 40.5. The van der Waals surface area contributed by atoms with Crippen LogP contribution in [-0.4, -0.2) is 36.1 Å². The fourth-order valence-corrected chi connectivity index (χ4v) is 8.44. The standard InChI is InChI=1S/C38H79N.C16H32O2/c1-4-6-8-10-12-14-16-18-20-22-24-26-28-30-32-34-36-38-39(3)37-35-33-31-29-27-25-23-21-19-17-15-13-11-9-7-5-2;1-2-3-4-5-6-7-8-9-10-11-12-13-14-15-16(17)18/h4-38H2,1-3H3;2-15H2,1H3,(H,17,18). The monoisotopic (exact) mass is 806 g/mol. The number of carbonyl (C=O) groups is 1. The van der Waals surface area contributed by atoms with Crippen LogP contribution in [0.3, 0.4) is 0 Å². The lowest BCUT2D eigenvalue weighted by Gasteiger charge is -2.16. The normalized spacial score (nSPS) is 11.4. The number of aliphatic carboxylic acids is 1. The Balaban J connectivity index is 0. The van der Waals surface area contributed by atoms with Gasteiger partial charge < -0.3 is 10.0 Å². The van der Waals surface area contributed by atoms with Crippen LogP contribution in [0, 0.1) is 0 Å². The smallest absolute Gasteiger partial charge is 0.303 e. The summed E-state index contributed by atoms with van der Waals surface area (Å²) in [5.74, 6) is -0.655. The van der Waals surface area contributed by atoms with Gasteiger partial charge in [-0.2, -0.15) is 0 Å². The van der Waals surface area contributed by atoms with E-state index in [9.17, 15) is 4.79 Å². The second kappa shape index (κ2) is 55.4. The summed E-state index contributed by atoms with van der Waals surface area (Å²) in [6, 6.07) is 0. The topological polar surface area (TPSA) is 40.5 Å². The highest BCUT2D eigenvalue weighted by molar-refractivity contribution is 5.66. The van der Waals surface area contributed by atoms with Crippen molar-refractivity contribution >= 4 is 5.97 Å². The first-order valence-electron chi connectivity index (χ1n) is 27.0. The molecule has 344 valence electrons. The molecule has 0 radical (unpaired) electrons. The van der Waals surface area contributed by atoms with Gasteiger partial charge in [-0.05, 0) is 39.4 Å². The highest BCUT2D eigenvalue weighted by Gasteiger charge is 2.01. The molecule has 0 aromatic heterocycles. The van der Waals surface area contributed by atoms with Crippen molar-refractivity contribution in [2.75, 3.05) is 20.1 Å². The molecule has 1 N–H and O–H groups in total. The number of nitrogens with zero attached hydrogens (tertiary/aromatic N) is 1. The number of rotatable bonds is 49. The maximum absolute atomic E-state index is 10.3. The SMILES string of the molecule is CCCCCCCCCCCCCCCC(=O)O.CCCCCCCCCCCCCCCCCCCN(C)CCCCCCCCCCCCCCCCCC. The number of hydrogen-bond donors (Lipinski definition) is 1.